The maximum absolute atomic E-state index is 6.94. The maximum Gasteiger partial charge on any atom is 0.252 e. The van der Waals surface area contributed by atoms with Crippen LogP contribution >= 0.6 is 0 Å². The summed E-state index contributed by atoms with van der Waals surface area (Å²) in [5.41, 5.74) is 24.4. The number of fused-ring (bicyclic) bond motifs is 14. The Bertz CT molecular complexity index is 3910. The van der Waals surface area contributed by atoms with E-state index < -0.39 is 0 Å². The highest BCUT2D eigenvalue weighted by molar-refractivity contribution is 7.04. The standard InChI is InChI=1S/C56H41B2N3O/c1-55(2,3)30-24-35-36-25-31(56(4,5)6)27-40-51(36)61-50(35)39(26-30)57-38-20-12-14-22-43(38)59(32-16-8-7-9-17-32)44-29-45-49(53(61)48(44)57)58(40)41-28-37-33-18-11-15-23-46(33)62-54(37)47-34-19-10-13-21-42(34)60(45)52(41)47/h7-29H,1-6H3. The first-order chi connectivity index (χ1) is 30.1. The monoisotopic (exact) mass is 793 g/mol. The highest BCUT2D eigenvalue weighted by Gasteiger charge is 2.50. The Kier molecular flexibility index (Phi) is 5.85. The first kappa shape index (κ1) is 33.8. The highest BCUT2D eigenvalue weighted by atomic mass is 16.3. The maximum atomic E-state index is 6.94. The molecule has 0 N–H and O–H groups in total. The predicted octanol–water partition coefficient (Wildman–Crippen LogP) is 10.1. The molecule has 62 heavy (non-hydrogen) atoms. The molecule has 0 saturated heterocycles. The zero-order chi connectivity index (χ0) is 41.3. The van der Waals surface area contributed by atoms with Crippen molar-refractivity contribution in [3.8, 4) is 11.4 Å². The molecule has 0 radical (unpaired) electrons. The number of hydrogen-bond donors (Lipinski definition) is 0. The van der Waals surface area contributed by atoms with Crippen molar-refractivity contribution in [3.63, 3.8) is 0 Å². The van der Waals surface area contributed by atoms with Crippen LogP contribution in [-0.2, 0) is 10.8 Å². The summed E-state index contributed by atoms with van der Waals surface area (Å²) in [5, 5.41) is 7.52. The van der Waals surface area contributed by atoms with Gasteiger partial charge in [-0.2, -0.15) is 0 Å². The lowest BCUT2D eigenvalue weighted by atomic mass is 9.29. The van der Waals surface area contributed by atoms with Gasteiger partial charge in [-0.1, -0.05) is 133 Å². The molecule has 4 aliphatic rings. The van der Waals surface area contributed by atoms with E-state index in [1.54, 1.807) is 0 Å². The number of para-hydroxylation sites is 4. The lowest BCUT2D eigenvalue weighted by molar-refractivity contribution is 0.591. The van der Waals surface area contributed by atoms with Crippen LogP contribution in [0.1, 0.15) is 52.7 Å². The van der Waals surface area contributed by atoms with Crippen molar-refractivity contribution >= 4 is 129 Å². The third-order valence-electron chi connectivity index (χ3n) is 15.1. The van der Waals surface area contributed by atoms with Crippen molar-refractivity contribution in [2.24, 2.45) is 0 Å². The normalized spacial score (nSPS) is 14.5. The highest BCUT2D eigenvalue weighted by Crippen LogP contribution is 2.48. The Balaban J connectivity index is 1.24. The topological polar surface area (TPSA) is 26.2 Å². The number of aromatic nitrogens is 2. The van der Waals surface area contributed by atoms with Gasteiger partial charge < -0.3 is 18.5 Å². The molecule has 3 aromatic heterocycles. The molecule has 11 aromatic rings. The lowest BCUT2D eigenvalue weighted by Gasteiger charge is -2.44. The zero-order valence-electron chi connectivity index (χ0n) is 35.7. The van der Waals surface area contributed by atoms with Crippen LogP contribution in [0.4, 0.5) is 17.1 Å². The summed E-state index contributed by atoms with van der Waals surface area (Å²) in [5.74, 6) is 0. The average Bonchev–Trinajstić information content (AvgIpc) is 3.93. The molecule has 4 aliphatic heterocycles. The van der Waals surface area contributed by atoms with Gasteiger partial charge >= 0.3 is 0 Å². The number of anilines is 3. The van der Waals surface area contributed by atoms with Gasteiger partial charge in [0.25, 0.3) is 13.4 Å². The predicted molar refractivity (Wildman–Crippen MR) is 264 cm³/mol. The van der Waals surface area contributed by atoms with E-state index in [0.717, 1.165) is 11.2 Å². The Morgan fingerprint density at radius 1 is 0.452 bits per heavy atom. The third-order valence-corrected chi connectivity index (χ3v) is 15.1. The second-order valence-corrected chi connectivity index (χ2v) is 20.5. The van der Waals surface area contributed by atoms with Crippen molar-refractivity contribution in [2.75, 3.05) is 4.90 Å². The van der Waals surface area contributed by atoms with E-state index in [9.17, 15) is 0 Å². The molecular weight excluding hydrogens is 752 g/mol. The summed E-state index contributed by atoms with van der Waals surface area (Å²) in [4.78, 5) is 2.56. The molecule has 15 rings (SSSR count). The van der Waals surface area contributed by atoms with Gasteiger partial charge in [-0.3, -0.25) is 0 Å². The zero-order valence-corrected chi connectivity index (χ0v) is 35.7. The molecule has 0 spiro atoms. The number of hydrogen-bond acceptors (Lipinski definition) is 2. The molecule has 0 saturated carbocycles. The van der Waals surface area contributed by atoms with E-state index in [2.05, 4.69) is 195 Å². The van der Waals surface area contributed by atoms with Crippen LogP contribution in [0.3, 0.4) is 0 Å². The number of benzene rings is 8. The van der Waals surface area contributed by atoms with Gasteiger partial charge in [0.05, 0.1) is 16.4 Å². The molecule has 0 amide bonds. The van der Waals surface area contributed by atoms with Crippen molar-refractivity contribution in [2.45, 2.75) is 52.4 Å². The molecule has 0 fully saturated rings. The van der Waals surface area contributed by atoms with Crippen LogP contribution in [0.5, 0.6) is 0 Å². The Hall–Kier alpha value is -6.91. The van der Waals surface area contributed by atoms with E-state index in [-0.39, 0.29) is 24.3 Å². The van der Waals surface area contributed by atoms with Gasteiger partial charge in [0.2, 0.25) is 0 Å². The Labute approximate surface area is 360 Å². The van der Waals surface area contributed by atoms with Gasteiger partial charge in [-0.15, -0.1) is 0 Å². The molecule has 7 heterocycles. The van der Waals surface area contributed by atoms with Crippen LogP contribution in [-0.4, -0.2) is 22.6 Å². The summed E-state index contributed by atoms with van der Waals surface area (Å²) >= 11 is 0. The molecular formula is C56H41B2N3O. The minimum atomic E-state index is -0.0634. The summed E-state index contributed by atoms with van der Waals surface area (Å²) in [6, 6.07) is 53.3. The Morgan fingerprint density at radius 2 is 1.05 bits per heavy atom. The van der Waals surface area contributed by atoms with Gasteiger partial charge in [0, 0.05) is 66.4 Å². The quantitative estimate of drug-likeness (QED) is 0.155. The van der Waals surface area contributed by atoms with Crippen LogP contribution in [0.15, 0.2) is 144 Å². The number of furan rings is 1. The lowest BCUT2D eigenvalue weighted by Crippen LogP contribution is -2.67. The molecule has 0 bridgehead atoms. The Morgan fingerprint density at radius 3 is 1.77 bits per heavy atom. The van der Waals surface area contributed by atoms with Crippen molar-refractivity contribution < 1.29 is 4.42 Å². The van der Waals surface area contributed by atoms with Crippen molar-refractivity contribution in [3.05, 3.63) is 151 Å². The smallest absolute Gasteiger partial charge is 0.252 e. The molecule has 292 valence electrons. The van der Waals surface area contributed by atoms with Crippen LogP contribution in [0.2, 0.25) is 0 Å². The second-order valence-electron chi connectivity index (χ2n) is 20.5. The third kappa shape index (κ3) is 3.82. The second kappa shape index (κ2) is 10.7. The first-order valence-corrected chi connectivity index (χ1v) is 22.3. The molecule has 4 nitrogen and oxygen atoms in total. The summed E-state index contributed by atoms with van der Waals surface area (Å²) < 4.78 is 12.3. The van der Waals surface area contributed by atoms with E-state index in [4.69, 9.17) is 4.42 Å². The van der Waals surface area contributed by atoms with Crippen LogP contribution in [0.25, 0.3) is 76.9 Å². The van der Waals surface area contributed by atoms with Crippen LogP contribution < -0.4 is 37.7 Å². The van der Waals surface area contributed by atoms with Gasteiger partial charge in [-0.25, -0.2) is 0 Å². The fourth-order valence-electron chi connectivity index (χ4n) is 12.4. The molecule has 0 unspecified atom stereocenters. The van der Waals surface area contributed by atoms with Gasteiger partial charge in [0.15, 0.2) is 0 Å². The van der Waals surface area contributed by atoms with Crippen LogP contribution in [0, 0.1) is 0 Å². The SMILES string of the molecule is CC(C)(C)c1cc2c3c(c1)c1cc(C(C)(C)C)cc4c1n3-c1c3c(cc5c1B4c1cc4c6ccccc6oc4c4c6ccccc6n-5c14)N(c1ccccc1)c1ccccc1B32. The minimum Gasteiger partial charge on any atom is -0.455 e. The molecule has 0 atom stereocenters. The van der Waals surface area contributed by atoms with Crippen molar-refractivity contribution in [1.82, 2.24) is 9.13 Å². The fraction of sp³-hybridized carbons (Fsp3) is 0.143. The molecule has 0 aliphatic carbocycles. The van der Waals surface area contributed by atoms with E-state index >= 15 is 0 Å². The van der Waals surface area contributed by atoms with Gasteiger partial charge in [-0.05, 0) is 103 Å². The van der Waals surface area contributed by atoms with Crippen molar-refractivity contribution in [1.29, 1.82) is 0 Å². The molecule has 8 aromatic carbocycles. The summed E-state index contributed by atoms with van der Waals surface area (Å²) in [6.45, 7) is 14.3. The summed E-state index contributed by atoms with van der Waals surface area (Å²) in [6.07, 6.45) is 0. The number of rotatable bonds is 1. The van der Waals surface area contributed by atoms with Gasteiger partial charge in [0.1, 0.15) is 11.2 Å². The minimum absolute atomic E-state index is 0.00378. The first-order valence-electron chi connectivity index (χ1n) is 22.3. The fourth-order valence-corrected chi connectivity index (χ4v) is 12.4. The molecule has 6 heteroatoms. The largest absolute Gasteiger partial charge is 0.455 e. The van der Waals surface area contributed by atoms with E-state index in [1.807, 2.05) is 0 Å². The summed E-state index contributed by atoms with van der Waals surface area (Å²) in [7, 11) is 0. The average molecular weight is 794 g/mol. The van der Waals surface area contributed by atoms with E-state index in [1.165, 1.54) is 127 Å². The number of nitrogens with zero attached hydrogens (tertiary/aromatic N) is 3. The van der Waals surface area contributed by atoms with E-state index in [0.29, 0.717) is 0 Å².